The first-order valence-electron chi connectivity index (χ1n) is 14.9. The Kier molecular flexibility index (Phi) is 12.9. The number of halogens is 1. The lowest BCUT2D eigenvalue weighted by Gasteiger charge is -2.27. The first-order valence-corrected chi connectivity index (χ1v) is 17.5. The summed E-state index contributed by atoms with van der Waals surface area (Å²) in [7, 11) is -2.17. The van der Waals surface area contributed by atoms with Gasteiger partial charge in [-0.25, -0.2) is 8.42 Å². The number of aryl methyl sites for hydroxylation is 1. The Labute approximate surface area is 260 Å². The number of sulfone groups is 1. The molecule has 2 aromatic rings. The summed E-state index contributed by atoms with van der Waals surface area (Å²) in [5, 5.41) is 2.78. The maximum atomic E-state index is 14.2. The Bertz CT molecular complexity index is 1410. The highest BCUT2D eigenvalue weighted by Gasteiger charge is 2.44. The minimum absolute atomic E-state index is 0.0877. The Morgan fingerprint density at radius 2 is 1.65 bits per heavy atom. The van der Waals surface area contributed by atoms with Crippen LogP contribution < -0.4 is 14.8 Å². The van der Waals surface area contributed by atoms with E-state index in [1.165, 1.54) is 13.5 Å². The van der Waals surface area contributed by atoms with Crippen molar-refractivity contribution in [3.05, 3.63) is 52.6 Å². The fourth-order valence-electron chi connectivity index (χ4n) is 5.35. The van der Waals surface area contributed by atoms with Crippen LogP contribution in [0.15, 0.2) is 30.3 Å². The van der Waals surface area contributed by atoms with E-state index >= 15 is 0 Å². The van der Waals surface area contributed by atoms with E-state index in [1.807, 2.05) is 0 Å². The molecule has 9 nitrogen and oxygen atoms in total. The first-order chi connectivity index (χ1) is 20.6. The van der Waals surface area contributed by atoms with Gasteiger partial charge in [-0.3, -0.25) is 19.3 Å². The summed E-state index contributed by atoms with van der Waals surface area (Å²) in [6, 6.07) is 7.17. The lowest BCUT2D eigenvalue weighted by molar-refractivity contribution is -0.116. The largest absolute Gasteiger partial charge is 0.493 e. The summed E-state index contributed by atoms with van der Waals surface area (Å²) in [6.07, 6.45) is 8.63. The molecule has 1 aliphatic heterocycles. The van der Waals surface area contributed by atoms with Crippen LogP contribution in [-0.4, -0.2) is 62.6 Å². The highest BCUT2D eigenvalue weighted by atomic mass is 35.5. The summed E-state index contributed by atoms with van der Waals surface area (Å²) in [4.78, 5) is 42.0. The van der Waals surface area contributed by atoms with Crippen LogP contribution in [0.4, 0.5) is 5.69 Å². The molecule has 0 spiro atoms. The second kappa shape index (κ2) is 16.1. The quantitative estimate of drug-likeness (QED) is 0.115. The third kappa shape index (κ3) is 8.95. The SMILES string of the molecule is CCCCCCCCc1ccc(NC(=O)CCCCl)c2c1C(=O)N([C@H](CS(C)(=O)=O)c1ccc(OC)c(OCC)c1)C2=O. The Morgan fingerprint density at radius 3 is 2.30 bits per heavy atom. The van der Waals surface area contributed by atoms with Crippen LogP contribution in [0.1, 0.15) is 103 Å². The second-order valence-corrected chi connectivity index (χ2v) is 13.4. The molecule has 1 atom stereocenters. The zero-order valence-corrected chi connectivity index (χ0v) is 27.1. The van der Waals surface area contributed by atoms with E-state index in [2.05, 4.69) is 12.2 Å². The van der Waals surface area contributed by atoms with Crippen molar-refractivity contribution in [2.45, 2.75) is 77.7 Å². The fraction of sp³-hybridized carbons (Fsp3) is 0.531. The zero-order chi connectivity index (χ0) is 31.6. The second-order valence-electron chi connectivity index (χ2n) is 10.8. The molecule has 2 aromatic carbocycles. The number of hydrogen-bond acceptors (Lipinski definition) is 7. The van der Waals surface area contributed by atoms with Gasteiger partial charge in [-0.2, -0.15) is 0 Å². The van der Waals surface area contributed by atoms with Crippen molar-refractivity contribution in [2.75, 3.05) is 36.9 Å². The van der Waals surface area contributed by atoms with Crippen molar-refractivity contribution in [3.63, 3.8) is 0 Å². The average molecular weight is 635 g/mol. The van der Waals surface area contributed by atoms with Crippen LogP contribution >= 0.6 is 11.6 Å². The van der Waals surface area contributed by atoms with E-state index in [0.717, 1.165) is 43.3 Å². The number of benzene rings is 2. The molecule has 0 aliphatic carbocycles. The van der Waals surface area contributed by atoms with Gasteiger partial charge in [-0.15, -0.1) is 11.6 Å². The first kappa shape index (κ1) is 34.4. The van der Waals surface area contributed by atoms with Crippen LogP contribution in [0.3, 0.4) is 0 Å². The molecule has 3 rings (SSSR count). The number of nitrogens with zero attached hydrogens (tertiary/aromatic N) is 1. The van der Waals surface area contributed by atoms with Crippen LogP contribution in [0, 0.1) is 0 Å². The third-order valence-electron chi connectivity index (χ3n) is 7.41. The number of unbranched alkanes of at least 4 members (excludes halogenated alkanes) is 5. The van der Waals surface area contributed by atoms with Crippen molar-refractivity contribution >= 4 is 44.8 Å². The van der Waals surface area contributed by atoms with Crippen molar-refractivity contribution < 1.29 is 32.3 Å². The molecular formula is C32H43ClN2O7S. The Balaban J connectivity index is 2.08. The number of rotatable bonds is 18. The molecule has 43 heavy (non-hydrogen) atoms. The van der Waals surface area contributed by atoms with Gasteiger partial charge in [0.25, 0.3) is 11.8 Å². The number of amides is 3. The summed E-state index contributed by atoms with van der Waals surface area (Å²) in [6.45, 7) is 4.30. The van der Waals surface area contributed by atoms with Gasteiger partial charge in [0.05, 0.1) is 42.3 Å². The number of carbonyl (C=O) groups excluding carboxylic acids is 3. The lowest BCUT2D eigenvalue weighted by atomic mass is 9.96. The molecule has 1 heterocycles. The van der Waals surface area contributed by atoms with E-state index < -0.39 is 33.4 Å². The molecule has 1 N–H and O–H groups in total. The minimum Gasteiger partial charge on any atom is -0.493 e. The minimum atomic E-state index is -3.66. The van der Waals surface area contributed by atoms with Crippen LogP contribution in [0.5, 0.6) is 11.5 Å². The van der Waals surface area contributed by atoms with E-state index in [9.17, 15) is 22.8 Å². The topological polar surface area (TPSA) is 119 Å². The predicted octanol–water partition coefficient (Wildman–Crippen LogP) is 6.34. The fourth-order valence-corrected chi connectivity index (χ4v) is 6.40. The third-order valence-corrected chi connectivity index (χ3v) is 8.60. The van der Waals surface area contributed by atoms with Crippen LogP contribution in [0.25, 0.3) is 0 Å². The van der Waals surface area contributed by atoms with Crippen molar-refractivity contribution in [2.24, 2.45) is 0 Å². The Hall–Kier alpha value is -3.11. The van der Waals surface area contributed by atoms with Crippen molar-refractivity contribution in [1.82, 2.24) is 4.90 Å². The number of nitrogens with one attached hydrogen (secondary N) is 1. The number of alkyl halides is 1. The molecule has 0 saturated carbocycles. The Morgan fingerprint density at radius 1 is 0.953 bits per heavy atom. The van der Waals surface area contributed by atoms with Gasteiger partial charge in [0, 0.05) is 18.6 Å². The zero-order valence-electron chi connectivity index (χ0n) is 25.5. The number of anilines is 1. The average Bonchev–Trinajstić information content (AvgIpc) is 3.23. The molecule has 0 saturated heterocycles. The molecule has 0 unspecified atom stereocenters. The van der Waals surface area contributed by atoms with Gasteiger partial charge in [0.2, 0.25) is 5.91 Å². The lowest BCUT2D eigenvalue weighted by Crippen LogP contribution is -2.38. The summed E-state index contributed by atoms with van der Waals surface area (Å²) in [5.74, 6) is -0.926. The van der Waals surface area contributed by atoms with Gasteiger partial charge >= 0.3 is 0 Å². The number of imide groups is 1. The smallest absolute Gasteiger partial charge is 0.264 e. The summed E-state index contributed by atoms with van der Waals surface area (Å²) in [5.41, 5.74) is 1.64. The molecule has 11 heteroatoms. The predicted molar refractivity (Wildman–Crippen MR) is 169 cm³/mol. The molecular weight excluding hydrogens is 592 g/mol. The van der Waals surface area contributed by atoms with Crippen molar-refractivity contribution in [3.8, 4) is 11.5 Å². The van der Waals surface area contributed by atoms with Gasteiger partial charge in [0.1, 0.15) is 9.84 Å². The highest BCUT2D eigenvalue weighted by Crippen LogP contribution is 2.40. The molecule has 0 radical (unpaired) electrons. The summed E-state index contributed by atoms with van der Waals surface area (Å²) < 4.78 is 36.4. The number of hydrogen-bond donors (Lipinski definition) is 1. The molecule has 1 aliphatic rings. The molecule has 0 aromatic heterocycles. The summed E-state index contributed by atoms with van der Waals surface area (Å²) >= 11 is 5.76. The van der Waals surface area contributed by atoms with E-state index in [0.29, 0.717) is 48.0 Å². The van der Waals surface area contributed by atoms with Crippen LogP contribution in [-0.2, 0) is 21.1 Å². The van der Waals surface area contributed by atoms with Gasteiger partial charge in [0.15, 0.2) is 11.5 Å². The normalized spacial score (nSPS) is 13.7. The monoisotopic (exact) mass is 634 g/mol. The van der Waals surface area contributed by atoms with E-state index in [1.54, 1.807) is 37.3 Å². The highest BCUT2D eigenvalue weighted by molar-refractivity contribution is 7.90. The van der Waals surface area contributed by atoms with Gasteiger partial charge in [-0.1, -0.05) is 51.2 Å². The molecule has 3 amide bonds. The maximum Gasteiger partial charge on any atom is 0.264 e. The molecule has 0 fully saturated rings. The number of fused-ring (bicyclic) bond motifs is 1. The standard InChI is InChI=1S/C32H43ClN2O7S/c1-5-7-8-9-10-11-13-22-15-17-24(34-28(36)14-12-19-33)30-29(22)31(37)35(32(30)38)25(21-43(4,39)40)23-16-18-26(41-3)27(20-23)42-6-2/h15-18,20,25H,5-14,19,21H2,1-4H3,(H,34,36)/t25-/m1/s1. The molecule has 0 bridgehead atoms. The van der Waals surface area contributed by atoms with E-state index in [-0.39, 0.29) is 29.1 Å². The van der Waals surface area contributed by atoms with E-state index in [4.69, 9.17) is 21.1 Å². The number of carbonyl (C=O) groups is 3. The number of methoxy groups -OCH3 is 1. The van der Waals surface area contributed by atoms with Gasteiger partial charge in [-0.05, 0) is 55.5 Å². The van der Waals surface area contributed by atoms with Crippen molar-refractivity contribution in [1.29, 1.82) is 0 Å². The molecule has 236 valence electrons. The van der Waals surface area contributed by atoms with Gasteiger partial charge < -0.3 is 14.8 Å². The maximum absolute atomic E-state index is 14.2. The number of ether oxygens (including phenoxy) is 2. The van der Waals surface area contributed by atoms with Crippen LogP contribution in [0.2, 0.25) is 0 Å².